The molecule has 0 saturated heterocycles. The van der Waals surface area contributed by atoms with Gasteiger partial charge in [0.15, 0.2) is 0 Å². The van der Waals surface area contributed by atoms with E-state index < -0.39 is 10.0 Å². The number of amides is 1. The molecule has 1 aromatic rings. The summed E-state index contributed by atoms with van der Waals surface area (Å²) in [5.74, 6) is -0.207. The van der Waals surface area contributed by atoms with Crippen LogP contribution in [0.5, 0.6) is 0 Å². The van der Waals surface area contributed by atoms with Gasteiger partial charge in [-0.25, -0.2) is 13.1 Å². The summed E-state index contributed by atoms with van der Waals surface area (Å²) in [6.07, 6.45) is 0.440. The van der Waals surface area contributed by atoms with Gasteiger partial charge in [-0.15, -0.1) is 0 Å². The Kier molecular flexibility index (Phi) is 6.67. The predicted octanol–water partition coefficient (Wildman–Crippen LogP) is 1.02. The summed E-state index contributed by atoms with van der Waals surface area (Å²) >= 11 is 0. The lowest BCUT2D eigenvalue weighted by molar-refractivity contribution is -0.129. The van der Waals surface area contributed by atoms with E-state index >= 15 is 0 Å². The Bertz CT molecular complexity index is 510. The number of carbonyl (C=O) groups is 1. The number of nitrogens with zero attached hydrogens (tertiary/aromatic N) is 1. The van der Waals surface area contributed by atoms with E-state index in [0.29, 0.717) is 19.5 Å². The molecule has 0 aliphatic carbocycles. The average Bonchev–Trinajstić information content (AvgIpc) is 2.46. The Morgan fingerprint density at radius 3 is 2.30 bits per heavy atom. The van der Waals surface area contributed by atoms with Gasteiger partial charge < -0.3 is 4.90 Å². The lowest BCUT2D eigenvalue weighted by Crippen LogP contribution is -2.40. The minimum absolute atomic E-state index is 0.0114. The maximum Gasteiger partial charge on any atom is 0.237 e. The zero-order valence-electron chi connectivity index (χ0n) is 12.0. The van der Waals surface area contributed by atoms with Crippen LogP contribution in [0.4, 0.5) is 0 Å². The van der Waals surface area contributed by atoms with E-state index in [9.17, 15) is 13.2 Å². The number of aryl methyl sites for hydroxylation is 1. The molecular formula is C14H22N2O3S. The summed E-state index contributed by atoms with van der Waals surface area (Å²) < 4.78 is 26.0. The Morgan fingerprint density at radius 1 is 1.15 bits per heavy atom. The van der Waals surface area contributed by atoms with Crippen LogP contribution >= 0.6 is 0 Å². The lowest BCUT2D eigenvalue weighted by atomic mass is 10.2. The van der Waals surface area contributed by atoms with Crippen LogP contribution in [0.25, 0.3) is 0 Å². The molecule has 1 amide bonds. The molecule has 112 valence electrons. The molecule has 1 rings (SSSR count). The maximum absolute atomic E-state index is 11.8. The second-order valence-corrected chi connectivity index (χ2v) is 6.37. The fourth-order valence-electron chi connectivity index (χ4n) is 1.83. The van der Waals surface area contributed by atoms with Crippen molar-refractivity contribution in [2.75, 3.05) is 25.4 Å². The second kappa shape index (κ2) is 8.01. The van der Waals surface area contributed by atoms with Gasteiger partial charge in [0.25, 0.3) is 0 Å². The largest absolute Gasteiger partial charge is 0.342 e. The molecule has 0 aromatic heterocycles. The molecule has 20 heavy (non-hydrogen) atoms. The fourth-order valence-corrected chi connectivity index (χ4v) is 2.82. The zero-order valence-corrected chi connectivity index (χ0v) is 12.8. The number of benzene rings is 1. The number of rotatable bonds is 8. The summed E-state index contributed by atoms with van der Waals surface area (Å²) in [5.41, 5.74) is 0.966. The van der Waals surface area contributed by atoms with Gasteiger partial charge in [0.1, 0.15) is 0 Å². The normalized spacial score (nSPS) is 11.3. The molecule has 0 spiro atoms. The Morgan fingerprint density at radius 2 is 1.75 bits per heavy atom. The van der Waals surface area contributed by atoms with Crippen LogP contribution in [-0.2, 0) is 21.2 Å². The van der Waals surface area contributed by atoms with Gasteiger partial charge in [0.05, 0.1) is 12.3 Å². The number of hydrogen-bond donors (Lipinski definition) is 1. The number of sulfonamides is 1. The highest BCUT2D eigenvalue weighted by Crippen LogP contribution is 2.01. The minimum atomic E-state index is -3.42. The van der Waals surface area contributed by atoms with E-state index in [1.54, 1.807) is 4.90 Å². The summed E-state index contributed by atoms with van der Waals surface area (Å²) in [4.78, 5) is 13.3. The Hall–Kier alpha value is -1.40. The molecular weight excluding hydrogens is 276 g/mol. The van der Waals surface area contributed by atoms with Gasteiger partial charge in [-0.2, -0.15) is 0 Å². The first-order valence-corrected chi connectivity index (χ1v) is 8.42. The van der Waals surface area contributed by atoms with Gasteiger partial charge in [-0.3, -0.25) is 4.79 Å². The average molecular weight is 298 g/mol. The highest BCUT2D eigenvalue weighted by Gasteiger charge is 2.15. The standard InChI is InChI=1S/C14H22N2O3S/c1-3-16(4-2)14(17)12-15-20(18,19)11-10-13-8-6-5-7-9-13/h5-9,15H,3-4,10-12H2,1-2H3. The van der Waals surface area contributed by atoms with Crippen molar-refractivity contribution in [1.29, 1.82) is 0 Å². The number of nitrogens with one attached hydrogen (secondary N) is 1. The lowest BCUT2D eigenvalue weighted by Gasteiger charge is -2.18. The first kappa shape index (κ1) is 16.7. The van der Waals surface area contributed by atoms with Gasteiger partial charge in [0.2, 0.25) is 15.9 Å². The molecule has 0 heterocycles. The third-order valence-electron chi connectivity index (χ3n) is 3.06. The molecule has 0 fully saturated rings. The molecule has 0 aliphatic rings. The molecule has 0 atom stereocenters. The van der Waals surface area contributed by atoms with Crippen LogP contribution in [0.1, 0.15) is 19.4 Å². The van der Waals surface area contributed by atoms with E-state index in [1.807, 2.05) is 44.2 Å². The summed E-state index contributed by atoms with van der Waals surface area (Å²) in [6, 6.07) is 9.41. The third-order valence-corrected chi connectivity index (χ3v) is 4.39. The highest BCUT2D eigenvalue weighted by atomic mass is 32.2. The maximum atomic E-state index is 11.8. The van der Waals surface area contributed by atoms with Crippen molar-refractivity contribution in [3.8, 4) is 0 Å². The molecule has 0 aliphatic heterocycles. The second-order valence-electron chi connectivity index (χ2n) is 4.44. The van der Waals surface area contributed by atoms with Crippen molar-refractivity contribution in [2.24, 2.45) is 0 Å². The first-order valence-electron chi connectivity index (χ1n) is 6.77. The monoisotopic (exact) mass is 298 g/mol. The summed E-state index contributed by atoms with van der Waals surface area (Å²) in [6.45, 7) is 4.73. The van der Waals surface area contributed by atoms with Crippen molar-refractivity contribution in [1.82, 2.24) is 9.62 Å². The van der Waals surface area contributed by atoms with Crippen LogP contribution in [0.2, 0.25) is 0 Å². The first-order chi connectivity index (χ1) is 9.48. The predicted molar refractivity (Wildman–Crippen MR) is 79.9 cm³/mol. The van der Waals surface area contributed by atoms with E-state index in [4.69, 9.17) is 0 Å². The van der Waals surface area contributed by atoms with E-state index in [-0.39, 0.29) is 18.2 Å². The number of likely N-dealkylation sites (N-methyl/N-ethyl adjacent to an activating group) is 1. The Labute approximate surface area is 121 Å². The van der Waals surface area contributed by atoms with Crippen molar-refractivity contribution < 1.29 is 13.2 Å². The van der Waals surface area contributed by atoms with Crippen molar-refractivity contribution in [2.45, 2.75) is 20.3 Å². The third kappa shape index (κ3) is 5.71. The van der Waals surface area contributed by atoms with Gasteiger partial charge in [-0.1, -0.05) is 30.3 Å². The molecule has 0 radical (unpaired) electrons. The van der Waals surface area contributed by atoms with Crippen LogP contribution in [0.3, 0.4) is 0 Å². The number of hydrogen-bond acceptors (Lipinski definition) is 3. The van der Waals surface area contributed by atoms with Crippen LogP contribution in [-0.4, -0.2) is 44.6 Å². The summed E-state index contributed by atoms with van der Waals surface area (Å²) in [5, 5.41) is 0. The van der Waals surface area contributed by atoms with Crippen molar-refractivity contribution >= 4 is 15.9 Å². The molecule has 0 unspecified atom stereocenters. The van der Waals surface area contributed by atoms with Gasteiger partial charge in [0, 0.05) is 13.1 Å². The van der Waals surface area contributed by atoms with E-state index in [0.717, 1.165) is 5.56 Å². The van der Waals surface area contributed by atoms with Crippen LogP contribution < -0.4 is 4.72 Å². The quantitative estimate of drug-likeness (QED) is 0.779. The van der Waals surface area contributed by atoms with E-state index in [2.05, 4.69) is 4.72 Å². The van der Waals surface area contributed by atoms with Crippen molar-refractivity contribution in [3.05, 3.63) is 35.9 Å². The highest BCUT2D eigenvalue weighted by molar-refractivity contribution is 7.89. The molecule has 6 heteroatoms. The summed E-state index contributed by atoms with van der Waals surface area (Å²) in [7, 11) is -3.42. The molecule has 0 bridgehead atoms. The smallest absolute Gasteiger partial charge is 0.237 e. The van der Waals surface area contributed by atoms with Crippen LogP contribution in [0, 0.1) is 0 Å². The topological polar surface area (TPSA) is 66.5 Å². The Balaban J connectivity index is 2.44. The number of carbonyl (C=O) groups excluding carboxylic acids is 1. The van der Waals surface area contributed by atoms with Gasteiger partial charge >= 0.3 is 0 Å². The van der Waals surface area contributed by atoms with E-state index in [1.165, 1.54) is 0 Å². The zero-order chi connectivity index (χ0) is 15.0. The van der Waals surface area contributed by atoms with Gasteiger partial charge in [-0.05, 0) is 25.8 Å². The molecule has 1 N–H and O–H groups in total. The molecule has 1 aromatic carbocycles. The molecule has 0 saturated carbocycles. The van der Waals surface area contributed by atoms with Crippen molar-refractivity contribution in [3.63, 3.8) is 0 Å². The minimum Gasteiger partial charge on any atom is -0.342 e. The fraction of sp³-hybridized carbons (Fsp3) is 0.500. The van der Waals surface area contributed by atoms with Crippen LogP contribution in [0.15, 0.2) is 30.3 Å². The SMILES string of the molecule is CCN(CC)C(=O)CNS(=O)(=O)CCc1ccccc1. The molecule has 5 nitrogen and oxygen atoms in total.